The van der Waals surface area contributed by atoms with Crippen molar-refractivity contribution in [1.82, 2.24) is 0 Å². The van der Waals surface area contributed by atoms with Gasteiger partial charge in [-0.25, -0.2) is 4.21 Å². The average molecular weight is 303 g/mol. The lowest BCUT2D eigenvalue weighted by atomic mass is 10.1. The number of hydrogen-bond acceptors (Lipinski definition) is 2. The van der Waals surface area contributed by atoms with Crippen LogP contribution in [0.2, 0.25) is 0 Å². The van der Waals surface area contributed by atoms with Gasteiger partial charge in [-0.1, -0.05) is 42.5 Å². The fourth-order valence-electron chi connectivity index (χ4n) is 2.27. The Morgan fingerprint density at radius 3 is 2.38 bits per heavy atom. The van der Waals surface area contributed by atoms with Gasteiger partial charge < -0.3 is 4.74 Å². The van der Waals surface area contributed by atoms with E-state index in [2.05, 4.69) is 0 Å². The number of nitrogens with zero attached hydrogens (tertiary/aromatic N) is 1. The summed E-state index contributed by atoms with van der Waals surface area (Å²) >= 11 is -2.03. The van der Waals surface area contributed by atoms with E-state index in [4.69, 9.17) is 4.74 Å². The molecule has 1 aliphatic rings. The lowest BCUT2D eigenvalue weighted by Gasteiger charge is -2.20. The Hall–Kier alpha value is -1.69. The summed E-state index contributed by atoms with van der Waals surface area (Å²) in [5, 5.41) is 0. The van der Waals surface area contributed by atoms with Crippen molar-refractivity contribution < 1.29 is 13.5 Å². The maximum absolute atomic E-state index is 11.6. The highest BCUT2D eigenvalue weighted by Gasteiger charge is 2.24. The Labute approximate surface area is 126 Å². The third kappa shape index (κ3) is 3.69. The van der Waals surface area contributed by atoms with Crippen LogP contribution in [0.1, 0.15) is 17.2 Å². The molecule has 0 amide bonds. The Morgan fingerprint density at radius 2 is 1.81 bits per heavy atom. The van der Waals surface area contributed by atoms with Crippen molar-refractivity contribution in [2.45, 2.75) is 12.5 Å². The summed E-state index contributed by atoms with van der Waals surface area (Å²) in [5.74, 6) is 0. The summed E-state index contributed by atoms with van der Waals surface area (Å²) in [4.78, 5) is 0. The molecule has 2 atom stereocenters. The lowest BCUT2D eigenvalue weighted by molar-refractivity contribution is 0.415. The molecule has 0 aromatic heterocycles. The topological polar surface area (TPSA) is 53.1 Å². The summed E-state index contributed by atoms with van der Waals surface area (Å²) in [5.41, 5.74) is 3.01. The summed E-state index contributed by atoms with van der Waals surface area (Å²) < 4.78 is 27.8. The molecule has 0 radical (unpaired) electrons. The second-order valence-electron chi connectivity index (χ2n) is 4.98. The van der Waals surface area contributed by atoms with Gasteiger partial charge in [0.25, 0.3) is 11.3 Å². The molecule has 1 aliphatic heterocycles. The maximum atomic E-state index is 11.6. The SMILES string of the molecule is O=S(O)N(CCc1ccccc1)c1ccc(C2CO2)cc1. The van der Waals surface area contributed by atoms with Crippen molar-refractivity contribution in [3.8, 4) is 0 Å². The van der Waals surface area contributed by atoms with E-state index >= 15 is 0 Å². The van der Waals surface area contributed by atoms with Crippen LogP contribution in [0.3, 0.4) is 0 Å². The summed E-state index contributed by atoms with van der Waals surface area (Å²) in [6, 6.07) is 17.6. The number of rotatable bonds is 6. The van der Waals surface area contributed by atoms with Gasteiger partial charge in [0.15, 0.2) is 0 Å². The van der Waals surface area contributed by atoms with Gasteiger partial charge in [0.2, 0.25) is 0 Å². The van der Waals surface area contributed by atoms with E-state index in [9.17, 15) is 8.76 Å². The lowest BCUT2D eigenvalue weighted by Crippen LogP contribution is -2.27. The maximum Gasteiger partial charge on any atom is 0.261 e. The van der Waals surface area contributed by atoms with Gasteiger partial charge in [-0.15, -0.1) is 0 Å². The van der Waals surface area contributed by atoms with Crippen LogP contribution in [0.5, 0.6) is 0 Å². The second kappa shape index (κ2) is 6.39. The number of benzene rings is 2. The molecule has 1 heterocycles. The van der Waals surface area contributed by atoms with E-state index in [0.29, 0.717) is 6.54 Å². The Bertz CT molecular complexity index is 611. The van der Waals surface area contributed by atoms with E-state index in [0.717, 1.165) is 29.8 Å². The van der Waals surface area contributed by atoms with Gasteiger partial charge in [0.1, 0.15) is 6.10 Å². The van der Waals surface area contributed by atoms with Crippen molar-refractivity contribution in [1.29, 1.82) is 0 Å². The molecule has 0 aliphatic carbocycles. The van der Waals surface area contributed by atoms with E-state index in [1.807, 2.05) is 54.6 Å². The third-order valence-electron chi connectivity index (χ3n) is 3.52. The zero-order chi connectivity index (χ0) is 14.7. The van der Waals surface area contributed by atoms with Crippen molar-refractivity contribution in [3.05, 3.63) is 65.7 Å². The highest BCUT2D eigenvalue weighted by molar-refractivity contribution is 7.80. The fraction of sp³-hybridized carbons (Fsp3) is 0.250. The summed E-state index contributed by atoms with van der Waals surface area (Å²) in [6.45, 7) is 1.26. The smallest absolute Gasteiger partial charge is 0.261 e. The van der Waals surface area contributed by atoms with E-state index < -0.39 is 11.3 Å². The normalized spacial score (nSPS) is 18.2. The molecule has 4 nitrogen and oxygen atoms in total. The van der Waals surface area contributed by atoms with Gasteiger partial charge in [0, 0.05) is 6.54 Å². The molecule has 0 spiro atoms. The number of anilines is 1. The van der Waals surface area contributed by atoms with Crippen LogP contribution in [0, 0.1) is 0 Å². The molecule has 0 saturated carbocycles. The summed E-state index contributed by atoms with van der Waals surface area (Å²) in [6.07, 6.45) is 0.928. The zero-order valence-corrected chi connectivity index (χ0v) is 12.3. The summed E-state index contributed by atoms with van der Waals surface area (Å²) in [7, 11) is 0. The quantitative estimate of drug-likeness (QED) is 0.659. The minimum atomic E-state index is -2.03. The monoisotopic (exact) mass is 303 g/mol. The van der Waals surface area contributed by atoms with Crippen molar-refractivity contribution in [3.63, 3.8) is 0 Å². The van der Waals surface area contributed by atoms with Gasteiger partial charge in [-0.05, 0) is 29.7 Å². The Balaban J connectivity index is 1.70. The first-order valence-electron chi connectivity index (χ1n) is 6.88. The minimum absolute atomic E-state index is 0.205. The van der Waals surface area contributed by atoms with Gasteiger partial charge in [0.05, 0.1) is 12.3 Å². The van der Waals surface area contributed by atoms with Crippen LogP contribution >= 0.6 is 0 Å². The van der Waals surface area contributed by atoms with Gasteiger partial charge in [-0.3, -0.25) is 8.86 Å². The van der Waals surface area contributed by atoms with E-state index in [1.54, 1.807) is 0 Å². The largest absolute Gasteiger partial charge is 0.368 e. The fourth-order valence-corrected chi connectivity index (χ4v) is 2.82. The van der Waals surface area contributed by atoms with Crippen LogP contribution in [0.4, 0.5) is 5.69 Å². The molecule has 5 heteroatoms. The standard InChI is InChI=1S/C16H17NO3S/c18-21(19)17(11-10-13-4-2-1-3-5-13)15-8-6-14(7-9-15)16-12-20-16/h1-9,16H,10-12H2,(H,18,19). The van der Waals surface area contributed by atoms with Crippen molar-refractivity contribution in [2.75, 3.05) is 17.5 Å². The first-order chi connectivity index (χ1) is 10.2. The molecule has 2 aromatic carbocycles. The molecule has 0 bridgehead atoms. The second-order valence-corrected chi connectivity index (χ2v) is 5.88. The molecule has 110 valence electrons. The highest BCUT2D eigenvalue weighted by Crippen LogP contribution is 2.31. The first-order valence-corrected chi connectivity index (χ1v) is 7.94. The van der Waals surface area contributed by atoms with Crippen LogP contribution < -0.4 is 4.31 Å². The highest BCUT2D eigenvalue weighted by atomic mass is 32.2. The minimum Gasteiger partial charge on any atom is -0.368 e. The Morgan fingerprint density at radius 1 is 1.14 bits per heavy atom. The molecule has 1 fully saturated rings. The van der Waals surface area contributed by atoms with Crippen molar-refractivity contribution >= 4 is 17.0 Å². The van der Waals surface area contributed by atoms with Gasteiger partial charge >= 0.3 is 0 Å². The molecular formula is C16H17NO3S. The first kappa shape index (κ1) is 14.3. The predicted octanol–water partition coefficient (Wildman–Crippen LogP) is 2.94. The van der Waals surface area contributed by atoms with Gasteiger partial charge in [-0.2, -0.15) is 0 Å². The zero-order valence-electron chi connectivity index (χ0n) is 11.5. The Kier molecular flexibility index (Phi) is 4.34. The van der Waals surface area contributed by atoms with Crippen LogP contribution in [-0.4, -0.2) is 21.9 Å². The molecule has 1 saturated heterocycles. The molecular weight excluding hydrogens is 286 g/mol. The van der Waals surface area contributed by atoms with Crippen LogP contribution in [0.15, 0.2) is 54.6 Å². The van der Waals surface area contributed by atoms with Crippen LogP contribution in [0.25, 0.3) is 0 Å². The third-order valence-corrected chi connectivity index (χ3v) is 4.29. The average Bonchev–Trinajstić information content (AvgIpc) is 3.34. The molecule has 2 aromatic rings. The molecule has 1 N–H and O–H groups in total. The van der Waals surface area contributed by atoms with Crippen LogP contribution in [-0.2, 0) is 22.4 Å². The van der Waals surface area contributed by atoms with E-state index in [-0.39, 0.29) is 6.10 Å². The number of ether oxygens (including phenoxy) is 1. The predicted molar refractivity (Wildman–Crippen MR) is 83.4 cm³/mol. The number of epoxide rings is 1. The molecule has 2 unspecified atom stereocenters. The van der Waals surface area contributed by atoms with E-state index in [1.165, 1.54) is 4.31 Å². The van der Waals surface area contributed by atoms with Crippen molar-refractivity contribution in [2.24, 2.45) is 0 Å². The molecule has 3 rings (SSSR count). The molecule has 21 heavy (non-hydrogen) atoms. The number of hydrogen-bond donors (Lipinski definition) is 1.